The molecule has 2 saturated heterocycles. The van der Waals surface area contributed by atoms with Gasteiger partial charge in [0.05, 0.1) is 18.3 Å². The first kappa shape index (κ1) is 34.9. The summed E-state index contributed by atoms with van der Waals surface area (Å²) in [5.74, 6) is -0.987. The van der Waals surface area contributed by atoms with Crippen LogP contribution in [0, 0.1) is 5.92 Å². The van der Waals surface area contributed by atoms with Crippen LogP contribution in [0.15, 0.2) is 67.1 Å². The van der Waals surface area contributed by atoms with Gasteiger partial charge in [0.15, 0.2) is 0 Å². The van der Waals surface area contributed by atoms with Gasteiger partial charge in [-0.05, 0) is 66.3 Å². The second-order valence-electron chi connectivity index (χ2n) is 11.3. The third-order valence-corrected chi connectivity index (χ3v) is 8.45. The summed E-state index contributed by atoms with van der Waals surface area (Å²) < 4.78 is 41.4. The number of nitrogens with one attached hydrogen (secondary N) is 1. The van der Waals surface area contributed by atoms with Gasteiger partial charge < -0.3 is 15.3 Å². The first-order chi connectivity index (χ1) is 21.2. The third-order valence-electron chi connectivity index (χ3n) is 8.45. The number of hydrogen-bond donors (Lipinski definition) is 2. The molecule has 4 heterocycles. The number of likely N-dealkylation sites (tertiary alicyclic amines) is 1. The average molecular weight is 678 g/mol. The summed E-state index contributed by atoms with van der Waals surface area (Å²) in [6.07, 6.45) is 1.59. The fourth-order valence-electron chi connectivity index (χ4n) is 6.06. The van der Waals surface area contributed by atoms with Crippen molar-refractivity contribution in [2.45, 2.75) is 44.4 Å². The molecule has 6 rings (SSSR count). The van der Waals surface area contributed by atoms with E-state index < -0.39 is 24.1 Å². The predicted molar refractivity (Wildman–Crippen MR) is 174 cm³/mol. The SMILES string of the molecule is Cl.Cl.O=C(Nc1cc(CN2CCC[C@H]2C(F)(F)F)c(-c2ccc3ccccc3c2)cn1)c1cnc(N2CCC(C(=O)O)CC2)cn1. The maximum atomic E-state index is 13.8. The van der Waals surface area contributed by atoms with Gasteiger partial charge in [0.1, 0.15) is 23.4 Å². The molecule has 0 spiro atoms. The number of carbonyl (C=O) groups excluding carboxylic acids is 1. The van der Waals surface area contributed by atoms with Crippen LogP contribution in [-0.4, -0.2) is 68.7 Å². The van der Waals surface area contributed by atoms with Crippen molar-refractivity contribution in [1.82, 2.24) is 19.9 Å². The molecule has 2 aliphatic heterocycles. The largest absolute Gasteiger partial charge is 0.481 e. The quantitative estimate of drug-likeness (QED) is 0.225. The van der Waals surface area contributed by atoms with Crippen LogP contribution < -0.4 is 10.2 Å². The lowest BCUT2D eigenvalue weighted by atomic mass is 9.97. The van der Waals surface area contributed by atoms with E-state index in [9.17, 15) is 27.9 Å². The van der Waals surface area contributed by atoms with E-state index in [1.54, 1.807) is 12.3 Å². The number of halogens is 5. The van der Waals surface area contributed by atoms with Crippen molar-refractivity contribution in [2.24, 2.45) is 5.92 Å². The molecule has 1 atom stereocenters. The first-order valence-electron chi connectivity index (χ1n) is 14.6. The van der Waals surface area contributed by atoms with Gasteiger partial charge in [0, 0.05) is 31.4 Å². The van der Waals surface area contributed by atoms with E-state index in [-0.39, 0.29) is 55.2 Å². The molecule has 0 unspecified atom stereocenters. The topological polar surface area (TPSA) is 112 Å². The molecule has 2 aromatic carbocycles. The molecule has 46 heavy (non-hydrogen) atoms. The number of hydrogen-bond acceptors (Lipinski definition) is 7. The number of fused-ring (bicyclic) bond motifs is 1. The molecule has 2 fully saturated rings. The minimum atomic E-state index is -4.33. The van der Waals surface area contributed by atoms with Crippen LogP contribution in [0.25, 0.3) is 21.9 Å². The number of benzene rings is 2. The first-order valence-corrected chi connectivity index (χ1v) is 14.6. The fraction of sp³-hybridized carbons (Fsp3) is 0.344. The van der Waals surface area contributed by atoms with E-state index in [0.717, 1.165) is 16.3 Å². The summed E-state index contributed by atoms with van der Waals surface area (Å²) in [4.78, 5) is 40.7. The third kappa shape index (κ3) is 7.68. The van der Waals surface area contributed by atoms with Crippen LogP contribution in [0.1, 0.15) is 41.7 Å². The Labute approximate surface area is 276 Å². The van der Waals surface area contributed by atoms with E-state index in [0.29, 0.717) is 55.8 Å². The summed E-state index contributed by atoms with van der Waals surface area (Å²) in [5, 5.41) is 14.0. The summed E-state index contributed by atoms with van der Waals surface area (Å²) in [6, 6.07) is 13.8. The summed E-state index contributed by atoms with van der Waals surface area (Å²) in [6.45, 7) is 1.42. The van der Waals surface area contributed by atoms with Crippen molar-refractivity contribution in [2.75, 3.05) is 29.9 Å². The smallest absolute Gasteiger partial charge is 0.404 e. The van der Waals surface area contributed by atoms with Crippen LogP contribution >= 0.6 is 24.8 Å². The summed E-state index contributed by atoms with van der Waals surface area (Å²) >= 11 is 0. The molecule has 0 radical (unpaired) electrons. The van der Waals surface area contributed by atoms with E-state index in [2.05, 4.69) is 20.3 Å². The van der Waals surface area contributed by atoms with E-state index in [1.165, 1.54) is 17.3 Å². The standard InChI is InChI=1S/C32H31F3N6O3.2ClH/c33-32(34,35)27-6-3-11-41(27)19-24-15-28(37-16-25(24)23-8-7-20-4-1-2-5-22(20)14-23)39-30(42)26-17-38-29(18-36-26)40-12-9-21(10-13-40)31(43)44;;/h1-2,4-5,7-8,14-18,21,27H,3,6,9-13,19H2,(H,43,44)(H,37,39,42);2*1H/t27-;;/m0../s1. The number of nitrogens with zero attached hydrogens (tertiary/aromatic N) is 5. The molecule has 244 valence electrons. The van der Waals surface area contributed by atoms with Gasteiger partial charge in [-0.3, -0.25) is 14.5 Å². The molecule has 0 aliphatic carbocycles. The second kappa shape index (κ2) is 14.6. The lowest BCUT2D eigenvalue weighted by Crippen LogP contribution is -2.40. The zero-order valence-electron chi connectivity index (χ0n) is 24.6. The highest BCUT2D eigenvalue weighted by Gasteiger charge is 2.45. The van der Waals surface area contributed by atoms with Crippen molar-refractivity contribution in [1.29, 1.82) is 0 Å². The maximum absolute atomic E-state index is 13.8. The maximum Gasteiger partial charge on any atom is 0.404 e. The number of carboxylic acid groups (broad SMARTS) is 1. The Morgan fingerprint density at radius 1 is 0.891 bits per heavy atom. The second-order valence-corrected chi connectivity index (χ2v) is 11.3. The molecule has 1 amide bonds. The lowest BCUT2D eigenvalue weighted by molar-refractivity contribution is -0.177. The Morgan fingerprint density at radius 3 is 2.30 bits per heavy atom. The molecule has 4 aromatic rings. The van der Waals surface area contributed by atoms with Gasteiger partial charge >= 0.3 is 12.1 Å². The van der Waals surface area contributed by atoms with Crippen LogP contribution in [0.5, 0.6) is 0 Å². The lowest BCUT2D eigenvalue weighted by Gasteiger charge is -2.30. The molecule has 2 aliphatic rings. The Balaban J connectivity index is 0.00000240. The molecule has 0 bridgehead atoms. The highest BCUT2D eigenvalue weighted by molar-refractivity contribution is 6.02. The zero-order chi connectivity index (χ0) is 30.8. The zero-order valence-corrected chi connectivity index (χ0v) is 26.2. The van der Waals surface area contributed by atoms with Crippen molar-refractivity contribution in [3.05, 3.63) is 78.4 Å². The van der Waals surface area contributed by atoms with E-state index in [4.69, 9.17) is 0 Å². The van der Waals surface area contributed by atoms with Crippen LogP contribution in [-0.2, 0) is 11.3 Å². The van der Waals surface area contributed by atoms with Crippen LogP contribution in [0.4, 0.5) is 24.8 Å². The number of carboxylic acids is 1. The van der Waals surface area contributed by atoms with Crippen LogP contribution in [0.3, 0.4) is 0 Å². The number of aliphatic carboxylic acids is 1. The fourth-order valence-corrected chi connectivity index (χ4v) is 6.06. The average Bonchev–Trinajstić information content (AvgIpc) is 3.50. The van der Waals surface area contributed by atoms with Gasteiger partial charge in [0.2, 0.25) is 0 Å². The van der Waals surface area contributed by atoms with Gasteiger partial charge in [-0.15, -0.1) is 24.8 Å². The molecule has 9 nitrogen and oxygen atoms in total. The number of carbonyl (C=O) groups is 2. The Kier molecular flexibility index (Phi) is 11.1. The molecule has 0 saturated carbocycles. The summed E-state index contributed by atoms with van der Waals surface area (Å²) in [7, 11) is 0. The number of anilines is 2. The molecule has 14 heteroatoms. The molecular weight excluding hydrogens is 644 g/mol. The molecule has 2 aromatic heterocycles. The van der Waals surface area contributed by atoms with Gasteiger partial charge in [0.25, 0.3) is 5.91 Å². The monoisotopic (exact) mass is 676 g/mol. The van der Waals surface area contributed by atoms with Crippen LogP contribution in [0.2, 0.25) is 0 Å². The minimum absolute atomic E-state index is 0. The highest BCUT2D eigenvalue weighted by atomic mass is 35.5. The van der Waals surface area contributed by atoms with E-state index in [1.807, 2.05) is 47.4 Å². The normalized spacial score (nSPS) is 17.3. The summed E-state index contributed by atoms with van der Waals surface area (Å²) in [5.41, 5.74) is 2.18. The number of amides is 1. The van der Waals surface area contributed by atoms with Gasteiger partial charge in [-0.1, -0.05) is 36.4 Å². The van der Waals surface area contributed by atoms with Crippen molar-refractivity contribution < 1.29 is 27.9 Å². The Morgan fingerprint density at radius 2 is 1.63 bits per heavy atom. The minimum Gasteiger partial charge on any atom is -0.481 e. The van der Waals surface area contributed by atoms with Gasteiger partial charge in [-0.2, -0.15) is 13.2 Å². The highest BCUT2D eigenvalue weighted by Crippen LogP contribution is 2.36. The van der Waals surface area contributed by atoms with Crippen molar-refractivity contribution in [3.63, 3.8) is 0 Å². The van der Waals surface area contributed by atoms with E-state index >= 15 is 0 Å². The van der Waals surface area contributed by atoms with Crippen molar-refractivity contribution in [3.8, 4) is 11.1 Å². The molecular formula is C32H33Cl2F3N6O3. The number of piperidine rings is 1. The number of alkyl halides is 3. The Bertz CT molecular complexity index is 1680. The number of rotatable bonds is 7. The Hall–Kier alpha value is -4.00. The number of pyridine rings is 1. The predicted octanol–water partition coefficient (Wildman–Crippen LogP) is 6.62. The van der Waals surface area contributed by atoms with Crippen molar-refractivity contribution >= 4 is 59.1 Å². The molecule has 2 N–H and O–H groups in total. The number of aromatic nitrogens is 3. The van der Waals surface area contributed by atoms with Gasteiger partial charge in [-0.25, -0.2) is 15.0 Å².